The number of ether oxygens (including phenoxy) is 3. The largest absolute Gasteiger partial charge is 0.495 e. The molecule has 0 spiro atoms. The number of carbonyl (C=O) groups excluding carboxylic acids is 1. The number of hydrogen-bond donors (Lipinski definition) is 1. The number of esters is 1. The third-order valence-corrected chi connectivity index (χ3v) is 8.28. The minimum atomic E-state index is -1.22. The van der Waals surface area contributed by atoms with E-state index in [0.29, 0.717) is 18.9 Å². The molecule has 3 heterocycles. The van der Waals surface area contributed by atoms with Crippen LogP contribution < -0.4 is 5.32 Å². The van der Waals surface area contributed by atoms with Crippen LogP contribution in [0.3, 0.4) is 0 Å². The van der Waals surface area contributed by atoms with Crippen molar-refractivity contribution < 1.29 is 19.0 Å². The highest BCUT2D eigenvalue weighted by atomic mass is 28.3. The average Bonchev–Trinajstić information content (AvgIpc) is 3.25. The summed E-state index contributed by atoms with van der Waals surface area (Å²) >= 11 is 0. The van der Waals surface area contributed by atoms with E-state index < -0.39 is 14.0 Å². The molecule has 0 fully saturated rings. The van der Waals surface area contributed by atoms with E-state index in [1.165, 1.54) is 7.11 Å². The van der Waals surface area contributed by atoms with Crippen molar-refractivity contribution in [2.24, 2.45) is 0 Å². The van der Waals surface area contributed by atoms with E-state index in [4.69, 9.17) is 19.2 Å². The topological polar surface area (TPSA) is 87.5 Å². The Bertz CT molecular complexity index is 1400. The number of rotatable bonds is 11. The van der Waals surface area contributed by atoms with Crippen LogP contribution in [0.2, 0.25) is 25.7 Å². The molecule has 0 aromatic carbocycles. The summed E-state index contributed by atoms with van der Waals surface area (Å²) in [5, 5.41) is 4.36. The molecule has 0 saturated heterocycles. The molecule has 3 aromatic rings. The average molecular weight is 549 g/mol. The van der Waals surface area contributed by atoms with Crippen molar-refractivity contribution in [3.8, 4) is 11.1 Å². The lowest BCUT2D eigenvalue weighted by molar-refractivity contribution is 0.0594. The lowest BCUT2D eigenvalue weighted by atomic mass is 10.0. The fourth-order valence-corrected chi connectivity index (χ4v) is 5.31. The second kappa shape index (κ2) is 12.2. The van der Waals surface area contributed by atoms with Gasteiger partial charge in [0.15, 0.2) is 5.69 Å². The molecule has 1 N–H and O–H groups in total. The molecule has 1 aliphatic carbocycles. The fraction of sp³-hybridized carbons (Fsp3) is 0.433. The molecule has 0 unspecified atom stereocenters. The molecule has 0 bridgehead atoms. The predicted octanol–water partition coefficient (Wildman–Crippen LogP) is 6.90. The normalized spacial score (nSPS) is 13.8. The molecular weight excluding hydrogens is 508 g/mol. The van der Waals surface area contributed by atoms with Gasteiger partial charge in [0.2, 0.25) is 0 Å². The summed E-state index contributed by atoms with van der Waals surface area (Å²) in [5.74, 6) is 1.33. The van der Waals surface area contributed by atoms with E-state index in [2.05, 4.69) is 49.0 Å². The number of hydrogen-bond acceptors (Lipinski definition) is 7. The molecule has 208 valence electrons. The maximum absolute atomic E-state index is 12.6. The minimum Gasteiger partial charge on any atom is -0.495 e. The Morgan fingerprint density at radius 1 is 1.15 bits per heavy atom. The maximum Gasteiger partial charge on any atom is 0.358 e. The van der Waals surface area contributed by atoms with Crippen molar-refractivity contribution in [3.63, 3.8) is 0 Å². The molecule has 4 rings (SSSR count). The van der Waals surface area contributed by atoms with E-state index in [-0.39, 0.29) is 11.8 Å². The van der Waals surface area contributed by atoms with Gasteiger partial charge in [-0.05, 0) is 63.1 Å². The standard InChI is InChI=1S/C30H40N4O4Si/c1-20(2)38-23-10-8-22(9-11-23)33-27-16-21(3)25(17-32-27)26-18-34(19-37-14-15-39(5,6)7)29-24(26)12-13-31-28(29)30(35)36-4/h8,10,12-13,16-18,20H,9,11,14-15,19H2,1-7H3,(H,32,33). The molecule has 0 saturated carbocycles. The van der Waals surface area contributed by atoms with E-state index in [9.17, 15) is 4.79 Å². The number of allylic oxidation sites excluding steroid dienone is 4. The van der Waals surface area contributed by atoms with Gasteiger partial charge in [0.1, 0.15) is 12.5 Å². The Labute approximate surface area is 232 Å². The quantitative estimate of drug-likeness (QED) is 0.158. The number of carbonyl (C=O) groups is 1. The van der Waals surface area contributed by atoms with Gasteiger partial charge in [-0.15, -0.1) is 0 Å². The Hall–Kier alpha value is -3.43. The van der Waals surface area contributed by atoms with Gasteiger partial charge >= 0.3 is 5.97 Å². The molecule has 3 aromatic heterocycles. The van der Waals surface area contributed by atoms with Crippen LogP contribution >= 0.6 is 0 Å². The zero-order valence-electron chi connectivity index (χ0n) is 24.1. The first-order valence-corrected chi connectivity index (χ1v) is 17.2. The molecule has 9 heteroatoms. The molecular formula is C30H40N4O4Si. The van der Waals surface area contributed by atoms with Gasteiger partial charge in [0, 0.05) is 61.9 Å². The number of anilines is 1. The summed E-state index contributed by atoms with van der Waals surface area (Å²) in [7, 11) is 0.153. The number of aromatic nitrogens is 3. The van der Waals surface area contributed by atoms with Crippen molar-refractivity contribution in [1.29, 1.82) is 0 Å². The van der Waals surface area contributed by atoms with Gasteiger partial charge < -0.3 is 24.1 Å². The molecule has 8 nitrogen and oxygen atoms in total. The van der Waals surface area contributed by atoms with E-state index in [0.717, 1.165) is 58.2 Å². The highest BCUT2D eigenvalue weighted by Gasteiger charge is 2.21. The van der Waals surface area contributed by atoms with Gasteiger partial charge in [0.25, 0.3) is 0 Å². The molecule has 0 atom stereocenters. The second-order valence-corrected chi connectivity index (χ2v) is 17.0. The molecule has 0 radical (unpaired) electrons. The molecule has 39 heavy (non-hydrogen) atoms. The van der Waals surface area contributed by atoms with Crippen LogP contribution in [0.15, 0.2) is 54.3 Å². The zero-order valence-corrected chi connectivity index (χ0v) is 25.1. The Morgan fingerprint density at radius 2 is 1.95 bits per heavy atom. The summed E-state index contributed by atoms with van der Waals surface area (Å²) in [6, 6.07) is 5.05. The van der Waals surface area contributed by atoms with Crippen LogP contribution in [0.1, 0.15) is 42.7 Å². The Morgan fingerprint density at radius 3 is 2.59 bits per heavy atom. The summed E-state index contributed by atoms with van der Waals surface area (Å²) < 4.78 is 18.9. The van der Waals surface area contributed by atoms with Crippen molar-refractivity contribution in [2.75, 3.05) is 19.0 Å². The smallest absolute Gasteiger partial charge is 0.358 e. The number of nitrogens with zero attached hydrogens (tertiary/aromatic N) is 3. The Balaban J connectivity index is 1.63. The maximum atomic E-state index is 12.6. The fourth-order valence-electron chi connectivity index (χ4n) is 4.55. The monoisotopic (exact) mass is 548 g/mol. The van der Waals surface area contributed by atoms with Crippen LogP contribution in [0.4, 0.5) is 5.82 Å². The summed E-state index contributed by atoms with van der Waals surface area (Å²) in [4.78, 5) is 21.7. The van der Waals surface area contributed by atoms with Crippen molar-refractivity contribution in [1.82, 2.24) is 14.5 Å². The summed E-state index contributed by atoms with van der Waals surface area (Å²) in [6.07, 6.45) is 11.6. The van der Waals surface area contributed by atoms with Crippen LogP contribution in [0.25, 0.3) is 22.0 Å². The van der Waals surface area contributed by atoms with Gasteiger partial charge in [-0.3, -0.25) is 0 Å². The predicted molar refractivity (Wildman–Crippen MR) is 158 cm³/mol. The number of aryl methyl sites for hydroxylation is 1. The lowest BCUT2D eigenvalue weighted by Gasteiger charge is -2.19. The van der Waals surface area contributed by atoms with E-state index in [1.807, 2.05) is 43.0 Å². The van der Waals surface area contributed by atoms with Crippen molar-refractivity contribution in [2.45, 2.75) is 72.1 Å². The first kappa shape index (κ1) is 28.6. The third kappa shape index (κ3) is 7.16. The number of pyridine rings is 2. The highest BCUT2D eigenvalue weighted by Crippen LogP contribution is 2.35. The van der Waals surface area contributed by atoms with Gasteiger partial charge in [0.05, 0.1) is 24.5 Å². The van der Waals surface area contributed by atoms with Gasteiger partial charge in [-0.1, -0.05) is 19.6 Å². The van der Waals surface area contributed by atoms with Crippen LogP contribution in [-0.4, -0.2) is 48.4 Å². The molecule has 1 aliphatic rings. The SMILES string of the molecule is COC(=O)c1nccc2c(-c3cnc(NC4=CC=C(OC(C)C)CC4)cc3C)cn(COCC[Si](C)(C)C)c12. The number of nitrogens with one attached hydrogen (secondary N) is 1. The second-order valence-electron chi connectivity index (χ2n) is 11.4. The summed E-state index contributed by atoms with van der Waals surface area (Å²) in [6.45, 7) is 14.1. The van der Waals surface area contributed by atoms with Crippen LogP contribution in [-0.2, 0) is 20.9 Å². The molecule has 0 aliphatic heterocycles. The first-order chi connectivity index (χ1) is 18.6. The van der Waals surface area contributed by atoms with Crippen molar-refractivity contribution >= 4 is 30.8 Å². The first-order valence-electron chi connectivity index (χ1n) is 13.5. The van der Waals surface area contributed by atoms with Crippen LogP contribution in [0, 0.1) is 6.92 Å². The number of fused-ring (bicyclic) bond motifs is 1. The highest BCUT2D eigenvalue weighted by molar-refractivity contribution is 6.76. The lowest BCUT2D eigenvalue weighted by Crippen LogP contribution is -2.22. The number of methoxy groups -OCH3 is 1. The van der Waals surface area contributed by atoms with Crippen molar-refractivity contribution in [3.05, 3.63) is 65.6 Å². The van der Waals surface area contributed by atoms with Gasteiger partial charge in [-0.2, -0.15) is 0 Å². The summed E-state index contributed by atoms with van der Waals surface area (Å²) in [5.41, 5.74) is 5.10. The molecule has 0 amide bonds. The van der Waals surface area contributed by atoms with Crippen LogP contribution in [0.5, 0.6) is 0 Å². The van der Waals surface area contributed by atoms with E-state index in [1.54, 1.807) is 6.20 Å². The Kier molecular flexibility index (Phi) is 8.92. The minimum absolute atomic E-state index is 0.179. The van der Waals surface area contributed by atoms with Gasteiger partial charge in [-0.25, -0.2) is 14.8 Å². The van der Waals surface area contributed by atoms with E-state index >= 15 is 0 Å². The zero-order chi connectivity index (χ0) is 28.2. The third-order valence-electron chi connectivity index (χ3n) is 6.58.